The predicted molar refractivity (Wildman–Crippen MR) is 175 cm³/mol. The summed E-state index contributed by atoms with van der Waals surface area (Å²) in [5.74, 6) is -2.43. The van der Waals surface area contributed by atoms with Crippen molar-refractivity contribution >= 4 is 69.5 Å². The third kappa shape index (κ3) is 7.85. The van der Waals surface area contributed by atoms with Gasteiger partial charge in [-0.1, -0.05) is 81.1 Å². The average Bonchev–Trinajstić information content (AvgIpc) is 3.35. The minimum Gasteiger partial charge on any atom is -0.445 e. The number of amides is 4. The molecule has 4 amide bonds. The zero-order valence-electron chi connectivity index (χ0n) is 25.6. The first-order valence-electron chi connectivity index (χ1n) is 14.8. The molecule has 4 rings (SSSR count). The molecule has 4 atom stereocenters. The van der Waals surface area contributed by atoms with Crippen LogP contribution in [-0.2, 0) is 38.6 Å². The maximum Gasteiger partial charge on any atom is 0.408 e. The van der Waals surface area contributed by atoms with Crippen molar-refractivity contribution in [1.82, 2.24) is 20.9 Å². The lowest BCUT2D eigenvalue weighted by atomic mass is 9.78. The van der Waals surface area contributed by atoms with E-state index in [-0.39, 0.29) is 31.3 Å². The number of aromatic amines is 1. The fourth-order valence-electron chi connectivity index (χ4n) is 5.59. The molecule has 0 saturated heterocycles. The second-order valence-corrected chi connectivity index (χ2v) is 13.2. The van der Waals surface area contributed by atoms with Crippen molar-refractivity contribution in [2.24, 2.45) is 17.6 Å². The van der Waals surface area contributed by atoms with E-state index in [1.54, 1.807) is 50.2 Å². The van der Waals surface area contributed by atoms with Crippen molar-refractivity contribution in [2.75, 3.05) is 0 Å². The van der Waals surface area contributed by atoms with E-state index in [2.05, 4.69) is 20.9 Å². The zero-order valence-corrected chi connectivity index (χ0v) is 27.8. The molecule has 45 heavy (non-hydrogen) atoms. The number of nitrogens with one attached hydrogen (secondary N) is 4. The quantitative estimate of drug-likeness (QED) is 0.183. The lowest BCUT2D eigenvalue weighted by Gasteiger charge is -2.39. The van der Waals surface area contributed by atoms with Gasteiger partial charge in [0.1, 0.15) is 24.2 Å². The van der Waals surface area contributed by atoms with E-state index < -0.39 is 41.4 Å². The molecule has 0 saturated carbocycles. The molecule has 0 bridgehead atoms. The van der Waals surface area contributed by atoms with E-state index in [0.29, 0.717) is 33.4 Å². The van der Waals surface area contributed by atoms with Crippen LogP contribution in [0.4, 0.5) is 4.79 Å². The molecule has 10 nitrogen and oxygen atoms in total. The normalized spacial score (nSPS) is 18.0. The molecule has 13 heteroatoms. The third-order valence-corrected chi connectivity index (χ3v) is 9.18. The van der Waals surface area contributed by atoms with Crippen LogP contribution in [0.15, 0.2) is 36.4 Å². The summed E-state index contributed by atoms with van der Waals surface area (Å²) in [6.07, 6.45) is 0.431. The van der Waals surface area contributed by atoms with E-state index in [1.165, 1.54) is 0 Å². The number of carbonyl (C=O) groups excluding carboxylic acids is 4. The number of alkyl carbamates (subject to hydrolysis) is 1. The van der Waals surface area contributed by atoms with E-state index in [1.807, 2.05) is 13.8 Å². The summed E-state index contributed by atoms with van der Waals surface area (Å²) in [7, 11) is 0. The second kappa shape index (κ2) is 14.3. The number of rotatable bonds is 11. The summed E-state index contributed by atoms with van der Waals surface area (Å²) in [4.78, 5) is 56.6. The number of benzene rings is 2. The molecule has 2 aromatic carbocycles. The summed E-state index contributed by atoms with van der Waals surface area (Å²) in [5.41, 5.74) is 7.17. The molecule has 0 spiro atoms. The van der Waals surface area contributed by atoms with Gasteiger partial charge >= 0.3 is 6.09 Å². The minimum absolute atomic E-state index is 0.0254. The first-order chi connectivity index (χ1) is 21.2. The Morgan fingerprint density at radius 2 is 1.69 bits per heavy atom. The standard InChI is InChI=1S/C32H38Cl3N5O5/c1-5-17(4)26(39-31(44)45-15-18-6-8-19(33)9-7-18)29(42)40-32(30(43)38-25(16(2)3)28(36)41)11-10-24-22(14-32)21-12-20(34)13-23(35)27(21)37-24/h6-9,12-13,16-17,25-26,37H,5,10-11,14-15H2,1-4H3,(H2,36,41)(H,38,43)(H,39,44)(H,40,42)/t17?,25-,26-,32+/m0/s1. The van der Waals surface area contributed by atoms with Crippen LogP contribution in [0.1, 0.15) is 57.4 Å². The highest BCUT2D eigenvalue weighted by molar-refractivity contribution is 6.38. The Hall–Kier alpha value is -3.47. The monoisotopic (exact) mass is 677 g/mol. The second-order valence-electron chi connectivity index (χ2n) is 11.9. The SMILES string of the molecule is CCC(C)[C@H](NC(=O)OCc1ccc(Cl)cc1)C(=O)N[C@]1(C(=O)N[C@H](C(N)=O)C(C)C)CCc2[nH]c3c(Cl)cc(Cl)cc3c2C1. The number of carbonyl (C=O) groups is 4. The van der Waals surface area contributed by atoms with Gasteiger partial charge in [0.15, 0.2) is 0 Å². The highest BCUT2D eigenvalue weighted by Crippen LogP contribution is 2.38. The first kappa shape index (κ1) is 34.4. The number of fused-ring (bicyclic) bond motifs is 3. The van der Waals surface area contributed by atoms with Crippen LogP contribution in [-0.4, -0.2) is 46.4 Å². The molecular weight excluding hydrogens is 641 g/mol. The average molecular weight is 679 g/mol. The number of aromatic nitrogens is 1. The Bertz CT molecular complexity index is 1590. The highest BCUT2D eigenvalue weighted by Gasteiger charge is 2.46. The van der Waals surface area contributed by atoms with Gasteiger partial charge in [-0.25, -0.2) is 4.79 Å². The van der Waals surface area contributed by atoms with Crippen molar-refractivity contribution < 1.29 is 23.9 Å². The lowest BCUT2D eigenvalue weighted by Crippen LogP contribution is -2.67. The molecule has 1 aromatic heterocycles. The number of ether oxygens (including phenoxy) is 1. The van der Waals surface area contributed by atoms with Crippen molar-refractivity contribution in [3.63, 3.8) is 0 Å². The number of hydrogen-bond donors (Lipinski definition) is 5. The molecule has 1 unspecified atom stereocenters. The number of H-pyrrole nitrogens is 1. The lowest BCUT2D eigenvalue weighted by molar-refractivity contribution is -0.137. The molecule has 1 aliphatic rings. The number of hydrogen-bond acceptors (Lipinski definition) is 5. The summed E-state index contributed by atoms with van der Waals surface area (Å²) in [5, 5.41) is 10.6. The Morgan fingerprint density at radius 3 is 2.31 bits per heavy atom. The predicted octanol–water partition coefficient (Wildman–Crippen LogP) is 5.44. The van der Waals surface area contributed by atoms with Crippen LogP contribution in [0.2, 0.25) is 15.1 Å². The van der Waals surface area contributed by atoms with Crippen LogP contribution in [0, 0.1) is 11.8 Å². The van der Waals surface area contributed by atoms with Gasteiger partial charge in [0.25, 0.3) is 0 Å². The van der Waals surface area contributed by atoms with E-state index in [9.17, 15) is 19.2 Å². The minimum atomic E-state index is -1.49. The van der Waals surface area contributed by atoms with Gasteiger partial charge in [0, 0.05) is 27.5 Å². The van der Waals surface area contributed by atoms with Gasteiger partial charge in [0.05, 0.1) is 10.5 Å². The number of nitrogens with two attached hydrogens (primary N) is 1. The maximum absolute atomic E-state index is 14.1. The van der Waals surface area contributed by atoms with Crippen LogP contribution in [0.3, 0.4) is 0 Å². The first-order valence-corrected chi connectivity index (χ1v) is 16.0. The van der Waals surface area contributed by atoms with Crippen LogP contribution >= 0.6 is 34.8 Å². The van der Waals surface area contributed by atoms with Crippen LogP contribution < -0.4 is 21.7 Å². The largest absolute Gasteiger partial charge is 0.445 e. The summed E-state index contributed by atoms with van der Waals surface area (Å²) < 4.78 is 5.38. The summed E-state index contributed by atoms with van der Waals surface area (Å²) in [6.45, 7) is 7.22. The van der Waals surface area contributed by atoms with Crippen LogP contribution in [0.25, 0.3) is 10.9 Å². The summed E-state index contributed by atoms with van der Waals surface area (Å²) in [6, 6.07) is 8.23. The third-order valence-electron chi connectivity index (χ3n) is 8.41. The molecule has 0 fully saturated rings. The number of aryl methyl sites for hydroxylation is 1. The van der Waals surface area contributed by atoms with Gasteiger partial charge in [0.2, 0.25) is 17.7 Å². The van der Waals surface area contributed by atoms with Crippen molar-refractivity contribution in [2.45, 2.75) is 77.6 Å². The Labute approximate surface area is 277 Å². The van der Waals surface area contributed by atoms with Crippen LogP contribution in [0.5, 0.6) is 0 Å². The Morgan fingerprint density at radius 1 is 1.00 bits per heavy atom. The zero-order chi connectivity index (χ0) is 33.1. The highest BCUT2D eigenvalue weighted by atomic mass is 35.5. The molecule has 0 radical (unpaired) electrons. The van der Waals surface area contributed by atoms with Crippen molar-refractivity contribution in [1.29, 1.82) is 0 Å². The van der Waals surface area contributed by atoms with E-state index in [0.717, 1.165) is 22.2 Å². The van der Waals surface area contributed by atoms with Gasteiger partial charge in [-0.15, -0.1) is 0 Å². The van der Waals surface area contributed by atoms with Gasteiger partial charge < -0.3 is 31.4 Å². The number of halogens is 3. The smallest absolute Gasteiger partial charge is 0.408 e. The fourth-order valence-corrected chi connectivity index (χ4v) is 6.25. The Kier molecular flexibility index (Phi) is 10.9. The molecule has 242 valence electrons. The van der Waals surface area contributed by atoms with Crippen molar-refractivity contribution in [3.8, 4) is 0 Å². The van der Waals surface area contributed by atoms with Gasteiger partial charge in [-0.05, 0) is 60.1 Å². The van der Waals surface area contributed by atoms with Crippen molar-refractivity contribution in [3.05, 3.63) is 68.3 Å². The number of primary amides is 1. The van der Waals surface area contributed by atoms with E-state index in [4.69, 9.17) is 45.3 Å². The van der Waals surface area contributed by atoms with Gasteiger partial charge in [-0.3, -0.25) is 14.4 Å². The molecule has 1 heterocycles. The molecule has 0 aliphatic heterocycles. The molecule has 1 aliphatic carbocycles. The molecular formula is C32H38Cl3N5O5. The fraction of sp³-hybridized carbons (Fsp3) is 0.438. The molecule has 3 aromatic rings. The van der Waals surface area contributed by atoms with Gasteiger partial charge in [-0.2, -0.15) is 0 Å². The molecule has 6 N–H and O–H groups in total. The topological polar surface area (TPSA) is 155 Å². The summed E-state index contributed by atoms with van der Waals surface area (Å²) >= 11 is 18.7. The Balaban J connectivity index is 1.64. The van der Waals surface area contributed by atoms with E-state index >= 15 is 0 Å². The maximum atomic E-state index is 14.1.